The number of rotatable bonds is 8. The van der Waals surface area contributed by atoms with Gasteiger partial charge >= 0.3 is 0 Å². The summed E-state index contributed by atoms with van der Waals surface area (Å²) in [4.78, 5) is 24.1. The molecule has 1 fully saturated rings. The highest BCUT2D eigenvalue weighted by molar-refractivity contribution is 7.89. The van der Waals surface area contributed by atoms with Crippen LogP contribution in [-0.4, -0.2) is 57.8 Å². The number of nitro groups is 1. The van der Waals surface area contributed by atoms with Gasteiger partial charge in [-0.05, 0) is 59.7 Å². The number of halogens is 1. The maximum absolute atomic E-state index is 13.6. The normalized spacial score (nSPS) is 16.2. The minimum Gasteiger partial charge on any atom is -0.493 e. The molecule has 0 unspecified atom stereocenters. The Hall–Kier alpha value is -4.55. The van der Waals surface area contributed by atoms with Crippen LogP contribution in [0, 0.1) is 15.9 Å². The lowest BCUT2D eigenvalue weighted by Gasteiger charge is -2.29. The number of methoxy groups -OCH3 is 3. The highest BCUT2D eigenvalue weighted by atomic mass is 32.2. The number of Topliss-reactive ketones (excluding diaryl/α,β-unsaturated/α-hetero) is 1. The van der Waals surface area contributed by atoms with E-state index in [4.69, 9.17) is 14.2 Å². The Morgan fingerprint density at radius 1 is 0.875 bits per heavy atom. The van der Waals surface area contributed by atoms with Crippen LogP contribution in [0.4, 0.5) is 10.1 Å². The van der Waals surface area contributed by atoms with Gasteiger partial charge in [0, 0.05) is 36.4 Å². The van der Waals surface area contributed by atoms with E-state index in [-0.39, 0.29) is 34.8 Å². The zero-order valence-electron chi connectivity index (χ0n) is 21.8. The Balaban J connectivity index is 1.84. The van der Waals surface area contributed by atoms with E-state index in [9.17, 15) is 27.7 Å². The molecule has 3 aromatic carbocycles. The lowest BCUT2D eigenvalue weighted by Crippen LogP contribution is -2.41. The summed E-state index contributed by atoms with van der Waals surface area (Å²) in [6.07, 6.45) is 2.94. The zero-order chi connectivity index (χ0) is 29.0. The second-order valence-corrected chi connectivity index (χ2v) is 10.6. The summed E-state index contributed by atoms with van der Waals surface area (Å²) >= 11 is 0. The molecule has 0 radical (unpaired) electrons. The van der Waals surface area contributed by atoms with Crippen molar-refractivity contribution in [3.8, 4) is 17.2 Å². The minimum absolute atomic E-state index is 0.0936. The molecule has 0 saturated carbocycles. The first kappa shape index (κ1) is 28.5. The van der Waals surface area contributed by atoms with Crippen molar-refractivity contribution in [2.45, 2.75) is 4.90 Å². The van der Waals surface area contributed by atoms with Gasteiger partial charge in [0.2, 0.25) is 15.8 Å². The number of ether oxygens (including phenoxy) is 3. The predicted molar refractivity (Wildman–Crippen MR) is 145 cm³/mol. The SMILES string of the molecule is COc1cc(/C=C2\CN(S(=O)(=O)c3ccc(F)cc3)C/C(=C\c3cccc([N+](=O)[O-])c3)C2=O)cc(OC)c1OC. The Labute approximate surface area is 230 Å². The van der Waals surface area contributed by atoms with Gasteiger partial charge in [-0.3, -0.25) is 14.9 Å². The van der Waals surface area contributed by atoms with Crippen LogP contribution >= 0.6 is 0 Å². The Morgan fingerprint density at radius 2 is 1.45 bits per heavy atom. The first-order valence-electron chi connectivity index (χ1n) is 11.8. The third-order valence-corrected chi connectivity index (χ3v) is 7.98. The number of nitro benzene ring substituents is 1. The molecule has 0 N–H and O–H groups in total. The molecule has 0 atom stereocenters. The highest BCUT2D eigenvalue weighted by Crippen LogP contribution is 2.39. The average Bonchev–Trinajstić information content (AvgIpc) is 2.94. The summed E-state index contributed by atoms with van der Waals surface area (Å²) in [5, 5.41) is 11.2. The molecule has 0 aliphatic carbocycles. The monoisotopic (exact) mass is 568 g/mol. The van der Waals surface area contributed by atoms with Crippen molar-refractivity contribution in [1.29, 1.82) is 0 Å². The van der Waals surface area contributed by atoms with Crippen LogP contribution in [0.1, 0.15) is 11.1 Å². The minimum atomic E-state index is -4.16. The molecule has 1 aliphatic heterocycles. The maximum atomic E-state index is 13.6. The van der Waals surface area contributed by atoms with E-state index in [1.807, 2.05) is 0 Å². The molecule has 4 rings (SSSR count). The summed E-state index contributed by atoms with van der Waals surface area (Å²) < 4.78 is 57.7. The lowest BCUT2D eigenvalue weighted by atomic mass is 9.95. The van der Waals surface area contributed by atoms with Crippen LogP contribution in [-0.2, 0) is 14.8 Å². The molecule has 0 amide bonds. The van der Waals surface area contributed by atoms with Crippen LogP contribution < -0.4 is 14.2 Å². The van der Waals surface area contributed by atoms with Crippen molar-refractivity contribution in [3.63, 3.8) is 0 Å². The molecule has 1 saturated heterocycles. The van der Waals surface area contributed by atoms with Crippen LogP contribution in [0.25, 0.3) is 12.2 Å². The molecule has 208 valence electrons. The van der Waals surface area contributed by atoms with Crippen molar-refractivity contribution in [2.24, 2.45) is 0 Å². The van der Waals surface area contributed by atoms with Gasteiger partial charge in [-0.1, -0.05) is 12.1 Å². The third kappa shape index (κ3) is 5.87. The van der Waals surface area contributed by atoms with Crippen molar-refractivity contribution >= 4 is 33.6 Å². The topological polar surface area (TPSA) is 125 Å². The van der Waals surface area contributed by atoms with Gasteiger partial charge in [-0.25, -0.2) is 12.8 Å². The molecule has 10 nitrogen and oxygen atoms in total. The number of hydrogen-bond donors (Lipinski definition) is 0. The van der Waals surface area contributed by atoms with Gasteiger partial charge in [0.1, 0.15) is 5.82 Å². The summed E-state index contributed by atoms with van der Waals surface area (Å²) in [6.45, 7) is -0.574. The van der Waals surface area contributed by atoms with Gasteiger partial charge < -0.3 is 14.2 Å². The van der Waals surface area contributed by atoms with Crippen LogP contribution in [0.3, 0.4) is 0 Å². The highest BCUT2D eigenvalue weighted by Gasteiger charge is 2.34. The van der Waals surface area contributed by atoms with Gasteiger partial charge in [0.05, 0.1) is 31.1 Å². The predicted octanol–water partition coefficient (Wildman–Crippen LogP) is 4.50. The number of benzene rings is 3. The quantitative estimate of drug-likeness (QED) is 0.221. The fraction of sp³-hybridized carbons (Fsp3) is 0.179. The molecule has 0 aromatic heterocycles. The lowest BCUT2D eigenvalue weighted by molar-refractivity contribution is -0.384. The standard InChI is InChI=1S/C28H25FN2O8S/c1-37-25-14-19(15-26(38-2)28(25)39-3)12-21-17-30(40(35,36)24-9-7-22(29)8-10-24)16-20(27(21)32)11-18-5-4-6-23(13-18)31(33)34/h4-15H,16-17H2,1-3H3/b20-11+,21-12+. The first-order chi connectivity index (χ1) is 19.1. The van der Waals surface area contributed by atoms with E-state index in [2.05, 4.69) is 0 Å². The molecule has 0 spiro atoms. The Morgan fingerprint density at radius 3 is 1.98 bits per heavy atom. The molecule has 1 heterocycles. The first-order valence-corrected chi connectivity index (χ1v) is 13.3. The van der Waals surface area contributed by atoms with Gasteiger partial charge in [-0.2, -0.15) is 4.31 Å². The van der Waals surface area contributed by atoms with Crippen molar-refractivity contribution < 1.29 is 36.7 Å². The number of ketones is 1. The number of non-ortho nitro benzene ring substituents is 1. The molecular formula is C28H25FN2O8S. The number of sulfonamides is 1. The largest absolute Gasteiger partial charge is 0.493 e. The second kappa shape index (κ2) is 11.7. The van der Waals surface area contributed by atoms with E-state index in [0.717, 1.165) is 28.6 Å². The summed E-state index contributed by atoms with van der Waals surface area (Å²) in [6, 6.07) is 13.2. The number of carbonyl (C=O) groups excluding carboxylic acids is 1. The van der Waals surface area contributed by atoms with Gasteiger partial charge in [0.25, 0.3) is 5.69 Å². The number of carbonyl (C=O) groups is 1. The number of hydrogen-bond acceptors (Lipinski definition) is 8. The molecule has 40 heavy (non-hydrogen) atoms. The molecular weight excluding hydrogens is 543 g/mol. The molecule has 0 bridgehead atoms. The summed E-state index contributed by atoms with van der Waals surface area (Å²) in [5.41, 5.74) is 0.875. The fourth-order valence-corrected chi connectivity index (χ4v) is 5.65. The summed E-state index contributed by atoms with van der Waals surface area (Å²) in [5.74, 6) is -0.0260. The third-order valence-electron chi connectivity index (χ3n) is 6.18. The van der Waals surface area contributed by atoms with Gasteiger partial charge in [-0.15, -0.1) is 0 Å². The van der Waals surface area contributed by atoms with E-state index >= 15 is 0 Å². The fourth-order valence-electron chi connectivity index (χ4n) is 4.25. The Bertz CT molecular complexity index is 1610. The maximum Gasteiger partial charge on any atom is 0.270 e. The van der Waals surface area contributed by atoms with E-state index in [0.29, 0.717) is 28.4 Å². The summed E-state index contributed by atoms with van der Waals surface area (Å²) in [7, 11) is 0.178. The van der Waals surface area contributed by atoms with Crippen molar-refractivity contribution in [1.82, 2.24) is 4.31 Å². The zero-order valence-corrected chi connectivity index (χ0v) is 22.6. The van der Waals surface area contributed by atoms with Crippen LogP contribution in [0.2, 0.25) is 0 Å². The Kier molecular flexibility index (Phi) is 8.31. The molecule has 3 aromatic rings. The second-order valence-electron chi connectivity index (χ2n) is 8.71. The number of nitrogens with zero attached hydrogens (tertiary/aromatic N) is 2. The van der Waals surface area contributed by atoms with E-state index < -0.39 is 26.5 Å². The molecule has 12 heteroatoms. The average molecular weight is 569 g/mol. The smallest absolute Gasteiger partial charge is 0.270 e. The van der Waals surface area contributed by atoms with E-state index in [1.54, 1.807) is 18.2 Å². The molecule has 1 aliphatic rings. The van der Waals surface area contributed by atoms with Crippen LogP contribution in [0.5, 0.6) is 17.2 Å². The van der Waals surface area contributed by atoms with Gasteiger partial charge in [0.15, 0.2) is 17.3 Å². The number of piperidine rings is 1. The van der Waals surface area contributed by atoms with E-state index in [1.165, 1.54) is 51.7 Å². The van der Waals surface area contributed by atoms with Crippen molar-refractivity contribution in [2.75, 3.05) is 34.4 Å². The van der Waals surface area contributed by atoms with Crippen molar-refractivity contribution in [3.05, 3.63) is 98.9 Å². The van der Waals surface area contributed by atoms with Crippen LogP contribution in [0.15, 0.2) is 76.7 Å².